The van der Waals surface area contributed by atoms with Crippen LogP contribution in [0.2, 0.25) is 0 Å². The third-order valence-electron chi connectivity index (χ3n) is 16.3. The lowest BCUT2D eigenvalue weighted by Gasteiger charge is -2.18. The lowest BCUT2D eigenvalue weighted by atomic mass is 10.0. The smallest absolute Gasteiger partial charge is 0.306 e. The normalized spacial score (nSPS) is 12.0. The van der Waals surface area contributed by atoms with Gasteiger partial charge in [0, 0.05) is 19.3 Å². The topological polar surface area (TPSA) is 78.9 Å². The van der Waals surface area contributed by atoms with Crippen molar-refractivity contribution in [2.75, 3.05) is 13.2 Å². The van der Waals surface area contributed by atoms with Gasteiger partial charge in [-0.15, -0.1) is 0 Å². The molecule has 6 heteroatoms. The number of esters is 3. The van der Waals surface area contributed by atoms with Crippen LogP contribution in [0.4, 0.5) is 0 Å². The first-order chi connectivity index (χ1) is 38.0. The van der Waals surface area contributed by atoms with Crippen molar-refractivity contribution < 1.29 is 28.6 Å². The summed E-state index contributed by atoms with van der Waals surface area (Å²) in [7, 11) is 0. The van der Waals surface area contributed by atoms with Gasteiger partial charge < -0.3 is 14.2 Å². The predicted octanol–water partition coefficient (Wildman–Crippen LogP) is 24.0. The molecule has 0 aromatic heterocycles. The van der Waals surface area contributed by atoms with Gasteiger partial charge in [-0.25, -0.2) is 0 Å². The molecule has 0 aliphatic carbocycles. The Labute approximate surface area is 481 Å². The van der Waals surface area contributed by atoms with Crippen LogP contribution in [0, 0.1) is 0 Å². The van der Waals surface area contributed by atoms with Crippen LogP contribution in [0.3, 0.4) is 0 Å². The Kier molecular flexibility index (Phi) is 65.1. The zero-order valence-electron chi connectivity index (χ0n) is 52.5. The molecule has 0 aliphatic heterocycles. The van der Waals surface area contributed by atoms with Crippen molar-refractivity contribution in [3.63, 3.8) is 0 Å². The molecule has 0 N–H and O–H groups in total. The van der Waals surface area contributed by atoms with Crippen molar-refractivity contribution in [1.82, 2.24) is 0 Å². The van der Waals surface area contributed by atoms with Gasteiger partial charge in [0.2, 0.25) is 0 Å². The molecule has 0 radical (unpaired) electrons. The first-order valence-electron chi connectivity index (χ1n) is 35.2. The van der Waals surface area contributed by atoms with Crippen molar-refractivity contribution >= 4 is 17.9 Å². The minimum atomic E-state index is -0.764. The summed E-state index contributed by atoms with van der Waals surface area (Å²) in [6.07, 6.45) is 79.6. The summed E-state index contributed by atoms with van der Waals surface area (Å²) in [6.45, 7) is 6.72. The molecule has 0 saturated carbocycles. The highest BCUT2D eigenvalue weighted by Crippen LogP contribution is 2.19. The Balaban J connectivity index is 4.09. The third kappa shape index (κ3) is 64.9. The average molecular weight is 1090 g/mol. The summed E-state index contributed by atoms with van der Waals surface area (Å²) >= 11 is 0. The Morgan fingerprint density at radius 2 is 0.429 bits per heavy atom. The van der Waals surface area contributed by atoms with Gasteiger partial charge in [-0.1, -0.05) is 354 Å². The van der Waals surface area contributed by atoms with Crippen LogP contribution in [-0.2, 0) is 28.6 Å². The Morgan fingerprint density at radius 3 is 0.649 bits per heavy atom. The van der Waals surface area contributed by atoms with Crippen molar-refractivity contribution in [3.05, 3.63) is 12.2 Å². The van der Waals surface area contributed by atoms with Gasteiger partial charge in [-0.05, 0) is 44.9 Å². The van der Waals surface area contributed by atoms with E-state index in [2.05, 4.69) is 32.9 Å². The monoisotopic (exact) mass is 1090 g/mol. The molecule has 456 valence electrons. The molecule has 1 unspecified atom stereocenters. The lowest BCUT2D eigenvalue weighted by Crippen LogP contribution is -2.30. The van der Waals surface area contributed by atoms with E-state index in [1.165, 1.54) is 308 Å². The highest BCUT2D eigenvalue weighted by Gasteiger charge is 2.19. The van der Waals surface area contributed by atoms with E-state index in [4.69, 9.17) is 14.2 Å². The molecule has 0 aromatic rings. The standard InChI is InChI=1S/C71H136O6/c1-4-7-10-13-16-19-22-25-28-29-30-31-32-33-34-35-36-37-38-39-40-41-42-43-44-47-49-52-55-58-61-64-70(73)76-67-68(77-71(74)65-62-59-56-53-50-46-27-24-21-18-15-12-9-6-3)66-75-69(72)63-60-57-54-51-48-45-26-23-20-17-14-11-8-5-2/h29-30,68H,4-28,31-67H2,1-3H3/b30-29-. The molecule has 6 nitrogen and oxygen atoms in total. The first kappa shape index (κ1) is 75.2. The predicted molar refractivity (Wildman–Crippen MR) is 335 cm³/mol. The maximum atomic E-state index is 12.9. The number of carbonyl (C=O) groups is 3. The summed E-state index contributed by atoms with van der Waals surface area (Å²) < 4.78 is 17.0. The van der Waals surface area contributed by atoms with Gasteiger partial charge in [-0.2, -0.15) is 0 Å². The minimum Gasteiger partial charge on any atom is -0.462 e. The average Bonchev–Trinajstić information content (AvgIpc) is 3.43. The molecule has 0 saturated heterocycles. The second kappa shape index (κ2) is 66.7. The number of allylic oxidation sites excluding steroid dienone is 2. The maximum Gasteiger partial charge on any atom is 0.306 e. The SMILES string of the molecule is CCCCCCCCCC/C=C\CCCCCCCCCCCCCCCCCCCCCC(=O)OCC(COC(=O)CCCCCCCCCCCCCCCC)OC(=O)CCCCCCCCCCCCCCCC. The van der Waals surface area contributed by atoms with E-state index in [0.717, 1.165) is 57.8 Å². The van der Waals surface area contributed by atoms with Crippen molar-refractivity contribution in [1.29, 1.82) is 0 Å². The first-order valence-corrected chi connectivity index (χ1v) is 35.2. The number of hydrogen-bond donors (Lipinski definition) is 0. The van der Waals surface area contributed by atoms with E-state index < -0.39 is 6.10 Å². The number of unbranched alkanes of at least 4 members (excludes halogenated alkanes) is 53. The second-order valence-corrected chi connectivity index (χ2v) is 24.2. The molecule has 0 amide bonds. The summed E-state index contributed by atoms with van der Waals surface area (Å²) in [6, 6.07) is 0. The number of rotatable bonds is 66. The molecule has 0 aliphatic rings. The quantitative estimate of drug-likeness (QED) is 0.0261. The van der Waals surface area contributed by atoms with E-state index >= 15 is 0 Å². The van der Waals surface area contributed by atoms with Gasteiger partial charge in [-0.3, -0.25) is 14.4 Å². The molecular formula is C71H136O6. The Morgan fingerprint density at radius 1 is 0.247 bits per heavy atom. The summed E-state index contributed by atoms with van der Waals surface area (Å²) in [5.41, 5.74) is 0. The minimum absolute atomic E-state index is 0.0620. The number of carbonyl (C=O) groups excluding carboxylic acids is 3. The molecule has 77 heavy (non-hydrogen) atoms. The zero-order chi connectivity index (χ0) is 55.7. The van der Waals surface area contributed by atoms with Crippen LogP contribution in [0.1, 0.15) is 406 Å². The lowest BCUT2D eigenvalue weighted by molar-refractivity contribution is -0.167. The number of ether oxygens (including phenoxy) is 3. The van der Waals surface area contributed by atoms with Crippen molar-refractivity contribution in [2.24, 2.45) is 0 Å². The molecule has 0 aromatic carbocycles. The largest absolute Gasteiger partial charge is 0.462 e. The van der Waals surface area contributed by atoms with Crippen LogP contribution < -0.4 is 0 Å². The molecule has 0 rings (SSSR count). The molecule has 0 fully saturated rings. The van der Waals surface area contributed by atoms with E-state index in [9.17, 15) is 14.4 Å². The fourth-order valence-corrected chi connectivity index (χ4v) is 11.0. The summed E-state index contributed by atoms with van der Waals surface area (Å²) in [4.78, 5) is 38.3. The summed E-state index contributed by atoms with van der Waals surface area (Å²) in [5.74, 6) is -0.827. The fourth-order valence-electron chi connectivity index (χ4n) is 11.0. The van der Waals surface area contributed by atoms with Crippen molar-refractivity contribution in [2.45, 2.75) is 412 Å². The van der Waals surface area contributed by atoms with Gasteiger partial charge in [0.15, 0.2) is 6.10 Å². The number of hydrogen-bond acceptors (Lipinski definition) is 6. The highest BCUT2D eigenvalue weighted by atomic mass is 16.6. The van der Waals surface area contributed by atoms with Crippen LogP contribution in [0.15, 0.2) is 12.2 Å². The zero-order valence-corrected chi connectivity index (χ0v) is 52.5. The van der Waals surface area contributed by atoms with E-state index in [0.29, 0.717) is 19.3 Å². The highest BCUT2D eigenvalue weighted by molar-refractivity contribution is 5.71. The van der Waals surface area contributed by atoms with Crippen LogP contribution in [0.25, 0.3) is 0 Å². The second-order valence-electron chi connectivity index (χ2n) is 24.2. The molecule has 0 heterocycles. The van der Waals surface area contributed by atoms with E-state index in [1.807, 2.05) is 0 Å². The molecule has 0 bridgehead atoms. The third-order valence-corrected chi connectivity index (χ3v) is 16.3. The Hall–Kier alpha value is -1.85. The van der Waals surface area contributed by atoms with Gasteiger partial charge in [0.25, 0.3) is 0 Å². The van der Waals surface area contributed by atoms with Gasteiger partial charge in [0.1, 0.15) is 13.2 Å². The summed E-state index contributed by atoms with van der Waals surface area (Å²) in [5, 5.41) is 0. The van der Waals surface area contributed by atoms with Gasteiger partial charge in [0.05, 0.1) is 0 Å². The fraction of sp³-hybridized carbons (Fsp3) is 0.930. The molecule has 0 spiro atoms. The molecular weight excluding hydrogens is 949 g/mol. The van der Waals surface area contributed by atoms with Gasteiger partial charge >= 0.3 is 17.9 Å². The van der Waals surface area contributed by atoms with Crippen LogP contribution in [0.5, 0.6) is 0 Å². The van der Waals surface area contributed by atoms with E-state index in [-0.39, 0.29) is 31.1 Å². The molecule has 1 atom stereocenters. The van der Waals surface area contributed by atoms with E-state index in [1.54, 1.807) is 0 Å². The van der Waals surface area contributed by atoms with Crippen LogP contribution in [-0.4, -0.2) is 37.2 Å². The van der Waals surface area contributed by atoms with Crippen LogP contribution >= 0.6 is 0 Å². The maximum absolute atomic E-state index is 12.9. The Bertz CT molecular complexity index is 1200. The van der Waals surface area contributed by atoms with Crippen molar-refractivity contribution in [3.8, 4) is 0 Å².